The second kappa shape index (κ2) is 5.49. The van der Waals surface area contributed by atoms with Gasteiger partial charge in [0.05, 0.1) is 15.9 Å². The third kappa shape index (κ3) is 2.42. The fourth-order valence-corrected chi connectivity index (χ4v) is 5.54. The number of benzene rings is 1. The summed E-state index contributed by atoms with van der Waals surface area (Å²) in [5.41, 5.74) is 1.21. The maximum absolute atomic E-state index is 13.1. The van der Waals surface area contributed by atoms with Gasteiger partial charge in [-0.25, -0.2) is 13.2 Å². The molecule has 0 unspecified atom stereocenters. The highest BCUT2D eigenvalue weighted by atomic mass is 32.2. The summed E-state index contributed by atoms with van der Waals surface area (Å²) in [6, 6.07) is 4.92. The Bertz CT molecular complexity index is 901. The SMILES string of the molecule is C[C@H]1CCC[C@H](C)N1S(=O)(=O)c1ccc2c(c1)n(C)c(=O)n2C. The van der Waals surface area contributed by atoms with Crippen LogP contribution in [0.3, 0.4) is 0 Å². The van der Waals surface area contributed by atoms with Gasteiger partial charge in [0.2, 0.25) is 10.0 Å². The molecule has 1 aliphatic heterocycles. The molecule has 0 amide bonds. The van der Waals surface area contributed by atoms with Crippen LogP contribution in [-0.4, -0.2) is 33.9 Å². The molecule has 6 nitrogen and oxygen atoms in total. The van der Waals surface area contributed by atoms with Crippen LogP contribution in [0.2, 0.25) is 0 Å². The minimum absolute atomic E-state index is 0.000889. The van der Waals surface area contributed by atoms with Crippen molar-refractivity contribution in [2.24, 2.45) is 14.1 Å². The summed E-state index contributed by atoms with van der Waals surface area (Å²) in [5.74, 6) is 0. The third-order valence-corrected chi connectivity index (χ3v) is 7.06. The molecule has 1 aromatic carbocycles. The van der Waals surface area contributed by atoms with Crippen molar-refractivity contribution < 1.29 is 8.42 Å². The van der Waals surface area contributed by atoms with Gasteiger partial charge in [0.1, 0.15) is 0 Å². The van der Waals surface area contributed by atoms with Gasteiger partial charge in [-0.05, 0) is 44.9 Å². The van der Waals surface area contributed by atoms with Gasteiger partial charge in [0.15, 0.2) is 0 Å². The van der Waals surface area contributed by atoms with Crippen molar-refractivity contribution in [3.8, 4) is 0 Å². The number of sulfonamides is 1. The molecule has 0 radical (unpaired) electrons. The number of fused-ring (bicyclic) bond motifs is 1. The number of aryl methyl sites for hydroxylation is 2. The van der Waals surface area contributed by atoms with Gasteiger partial charge in [0.25, 0.3) is 0 Å². The summed E-state index contributed by atoms with van der Waals surface area (Å²) >= 11 is 0. The number of hydrogen-bond acceptors (Lipinski definition) is 3. The molecule has 23 heavy (non-hydrogen) atoms. The monoisotopic (exact) mass is 337 g/mol. The number of piperidine rings is 1. The van der Waals surface area contributed by atoms with Crippen LogP contribution in [0, 0.1) is 0 Å². The Kier molecular flexibility index (Phi) is 3.88. The molecule has 7 heteroatoms. The van der Waals surface area contributed by atoms with Crippen molar-refractivity contribution in [1.82, 2.24) is 13.4 Å². The molecule has 1 aliphatic rings. The van der Waals surface area contributed by atoms with Gasteiger partial charge in [-0.15, -0.1) is 0 Å². The first-order chi connectivity index (χ1) is 10.7. The molecule has 0 aliphatic carbocycles. The summed E-state index contributed by atoms with van der Waals surface area (Å²) in [6.07, 6.45) is 2.83. The molecular weight excluding hydrogens is 314 g/mol. The first kappa shape index (κ1) is 16.3. The molecule has 2 atom stereocenters. The fourth-order valence-electron chi connectivity index (χ4n) is 3.64. The Balaban J connectivity index is 2.15. The summed E-state index contributed by atoms with van der Waals surface area (Å²) in [7, 11) is -0.215. The number of nitrogens with zero attached hydrogens (tertiary/aromatic N) is 3. The lowest BCUT2D eigenvalue weighted by atomic mass is 10.0. The molecule has 0 bridgehead atoms. The van der Waals surface area contributed by atoms with E-state index in [1.807, 2.05) is 13.8 Å². The Morgan fingerprint density at radius 2 is 1.57 bits per heavy atom. The lowest BCUT2D eigenvalue weighted by molar-refractivity contribution is 0.204. The Labute approximate surface area is 136 Å². The van der Waals surface area contributed by atoms with E-state index in [4.69, 9.17) is 0 Å². The highest BCUT2D eigenvalue weighted by Gasteiger charge is 2.35. The first-order valence-electron chi connectivity index (χ1n) is 7.94. The quantitative estimate of drug-likeness (QED) is 0.840. The molecule has 1 fully saturated rings. The molecule has 0 saturated carbocycles. The van der Waals surface area contributed by atoms with Gasteiger partial charge >= 0.3 is 5.69 Å². The van der Waals surface area contributed by atoms with E-state index in [1.165, 1.54) is 9.13 Å². The average Bonchev–Trinajstić information content (AvgIpc) is 2.71. The second-order valence-corrected chi connectivity index (χ2v) is 8.36. The van der Waals surface area contributed by atoms with Crippen LogP contribution in [0.5, 0.6) is 0 Å². The molecule has 126 valence electrons. The number of aromatic nitrogens is 2. The van der Waals surface area contributed by atoms with Gasteiger partial charge in [-0.3, -0.25) is 9.13 Å². The van der Waals surface area contributed by atoms with Gasteiger partial charge < -0.3 is 0 Å². The largest absolute Gasteiger partial charge is 0.328 e. The van der Waals surface area contributed by atoms with Gasteiger partial charge in [-0.2, -0.15) is 4.31 Å². The zero-order chi connectivity index (χ0) is 16.9. The molecule has 2 heterocycles. The van der Waals surface area contributed by atoms with E-state index in [2.05, 4.69) is 0 Å². The van der Waals surface area contributed by atoms with E-state index >= 15 is 0 Å². The summed E-state index contributed by atoms with van der Waals surface area (Å²) in [4.78, 5) is 12.3. The number of imidazole rings is 1. The van der Waals surface area contributed by atoms with Crippen molar-refractivity contribution in [2.75, 3.05) is 0 Å². The average molecular weight is 337 g/mol. The number of rotatable bonds is 2. The third-order valence-electron chi connectivity index (χ3n) is 4.93. The lowest BCUT2D eigenvalue weighted by Crippen LogP contribution is -2.47. The molecule has 3 rings (SSSR count). The van der Waals surface area contributed by atoms with Gasteiger partial charge in [0, 0.05) is 26.2 Å². The zero-order valence-corrected chi connectivity index (χ0v) is 14.8. The topological polar surface area (TPSA) is 64.3 Å². The van der Waals surface area contributed by atoms with Crippen LogP contribution >= 0.6 is 0 Å². The van der Waals surface area contributed by atoms with Crippen molar-refractivity contribution in [2.45, 2.75) is 50.1 Å². The van der Waals surface area contributed by atoms with Crippen LogP contribution in [0.1, 0.15) is 33.1 Å². The lowest BCUT2D eigenvalue weighted by Gasteiger charge is -2.37. The minimum atomic E-state index is -3.56. The maximum Gasteiger partial charge on any atom is 0.328 e. The van der Waals surface area contributed by atoms with Crippen LogP contribution < -0.4 is 5.69 Å². The highest BCUT2D eigenvalue weighted by molar-refractivity contribution is 7.89. The predicted molar refractivity (Wildman–Crippen MR) is 90.0 cm³/mol. The van der Waals surface area contributed by atoms with Crippen LogP contribution in [-0.2, 0) is 24.1 Å². The van der Waals surface area contributed by atoms with Crippen molar-refractivity contribution in [3.63, 3.8) is 0 Å². The van der Waals surface area contributed by atoms with Crippen LogP contribution in [0.15, 0.2) is 27.9 Å². The summed E-state index contributed by atoms with van der Waals surface area (Å²) in [5, 5.41) is 0. The van der Waals surface area contributed by atoms with E-state index in [9.17, 15) is 13.2 Å². The molecule has 0 N–H and O–H groups in total. The maximum atomic E-state index is 13.1. The van der Waals surface area contributed by atoms with E-state index in [0.29, 0.717) is 5.52 Å². The molecule has 1 aromatic heterocycles. The Hall–Kier alpha value is -1.60. The standard InChI is InChI=1S/C16H23N3O3S/c1-11-6-5-7-12(2)19(11)23(21,22)13-8-9-14-15(10-13)18(4)16(20)17(14)3/h8-12H,5-7H2,1-4H3/t11-,12-/m0/s1. The summed E-state index contributed by atoms with van der Waals surface area (Å²) < 4.78 is 30.8. The van der Waals surface area contributed by atoms with Crippen LogP contribution in [0.25, 0.3) is 11.0 Å². The molecular formula is C16H23N3O3S. The first-order valence-corrected chi connectivity index (χ1v) is 9.38. The van der Waals surface area contributed by atoms with Crippen molar-refractivity contribution in [1.29, 1.82) is 0 Å². The fraction of sp³-hybridized carbons (Fsp3) is 0.562. The van der Waals surface area contributed by atoms with Crippen LogP contribution in [0.4, 0.5) is 0 Å². The smallest absolute Gasteiger partial charge is 0.295 e. The predicted octanol–water partition coefficient (Wildman–Crippen LogP) is 1.83. The summed E-state index contributed by atoms with van der Waals surface area (Å²) in [6.45, 7) is 3.92. The highest BCUT2D eigenvalue weighted by Crippen LogP contribution is 2.30. The Morgan fingerprint density at radius 1 is 1.00 bits per heavy atom. The van der Waals surface area contributed by atoms with Crippen molar-refractivity contribution in [3.05, 3.63) is 28.7 Å². The second-order valence-electron chi connectivity index (χ2n) is 6.52. The van der Waals surface area contributed by atoms with Crippen molar-refractivity contribution >= 4 is 21.1 Å². The van der Waals surface area contributed by atoms with E-state index in [-0.39, 0.29) is 22.7 Å². The molecule has 1 saturated heterocycles. The van der Waals surface area contributed by atoms with E-state index in [1.54, 1.807) is 36.6 Å². The van der Waals surface area contributed by atoms with E-state index < -0.39 is 10.0 Å². The molecule has 0 spiro atoms. The Morgan fingerprint density at radius 3 is 2.17 bits per heavy atom. The molecule has 2 aromatic rings. The zero-order valence-electron chi connectivity index (χ0n) is 14.0. The normalized spacial score (nSPS) is 23.5. The minimum Gasteiger partial charge on any atom is -0.295 e. The number of hydrogen-bond donors (Lipinski definition) is 0. The van der Waals surface area contributed by atoms with E-state index in [0.717, 1.165) is 24.8 Å². The van der Waals surface area contributed by atoms with Gasteiger partial charge in [-0.1, -0.05) is 6.42 Å².